The number of pyridine rings is 1. The Morgan fingerprint density at radius 2 is 1.83 bits per heavy atom. The second kappa shape index (κ2) is 7.98. The monoisotopic (exact) mass is 399 g/mol. The van der Waals surface area contributed by atoms with Crippen LogP contribution < -0.4 is 5.32 Å². The quantitative estimate of drug-likeness (QED) is 0.833. The highest BCUT2D eigenvalue weighted by Gasteiger charge is 2.31. The maximum atomic E-state index is 12.9. The number of carbonyl (C=O) groups is 2. The number of urea groups is 1. The summed E-state index contributed by atoms with van der Waals surface area (Å²) >= 11 is 0. The first kappa shape index (κ1) is 19.6. The van der Waals surface area contributed by atoms with Crippen LogP contribution >= 0.6 is 0 Å². The molecule has 2 aliphatic rings. The second-order valence-corrected chi connectivity index (χ2v) is 8.34. The third kappa shape index (κ3) is 4.05. The Bertz CT molecular complexity index is 901. The van der Waals surface area contributed by atoms with E-state index in [1.54, 1.807) is 0 Å². The van der Waals surface area contributed by atoms with Crippen LogP contribution in [0.5, 0.6) is 0 Å². The van der Waals surface area contributed by atoms with Gasteiger partial charge in [0, 0.05) is 57.4 Å². The van der Waals surface area contributed by atoms with Gasteiger partial charge in [0.05, 0.1) is 5.56 Å². The van der Waals surface area contributed by atoms with Crippen LogP contribution in [0.2, 0.25) is 0 Å². The summed E-state index contributed by atoms with van der Waals surface area (Å²) in [6, 6.07) is 3.74. The molecule has 1 atom stereocenters. The highest BCUT2D eigenvalue weighted by Crippen LogP contribution is 2.26. The maximum absolute atomic E-state index is 12.9. The van der Waals surface area contributed by atoms with Crippen LogP contribution in [0.4, 0.5) is 4.79 Å². The predicted molar refractivity (Wildman–Crippen MR) is 109 cm³/mol. The lowest BCUT2D eigenvalue weighted by Gasteiger charge is -2.32. The van der Waals surface area contributed by atoms with Crippen LogP contribution in [-0.4, -0.2) is 93.6 Å². The Morgan fingerprint density at radius 1 is 1.07 bits per heavy atom. The largest absolute Gasteiger partial charge is 0.336 e. The standard InChI is InChI=1S/C20H29N7O2/c1-14(2)21-20(29)26-7-6-15(12-26)18-23-22-17-5-4-16(13-27(17)18)19(28)25-10-8-24(3)9-11-25/h4-5,13-15H,6-12H2,1-3H3,(H,21,29). The van der Waals surface area contributed by atoms with E-state index >= 15 is 0 Å². The van der Waals surface area contributed by atoms with E-state index in [2.05, 4.69) is 27.5 Å². The average molecular weight is 399 g/mol. The normalized spacial score (nSPS) is 20.6. The SMILES string of the molecule is CC(C)NC(=O)N1CCC(c2nnc3ccc(C(=O)N4CCN(C)CC4)cn23)C1. The van der Waals surface area contributed by atoms with Crippen molar-refractivity contribution in [2.24, 2.45) is 0 Å². The molecule has 0 aromatic carbocycles. The molecule has 2 saturated heterocycles. The molecule has 9 nitrogen and oxygen atoms in total. The lowest BCUT2D eigenvalue weighted by atomic mass is 10.1. The number of hydrogen-bond donors (Lipinski definition) is 1. The van der Waals surface area contributed by atoms with Crippen molar-refractivity contribution in [2.45, 2.75) is 32.2 Å². The van der Waals surface area contributed by atoms with Gasteiger partial charge in [-0.1, -0.05) is 0 Å². The number of likely N-dealkylation sites (tertiary alicyclic amines) is 1. The van der Waals surface area contributed by atoms with Crippen LogP contribution in [0.25, 0.3) is 5.65 Å². The molecule has 4 rings (SSSR count). The van der Waals surface area contributed by atoms with Crippen LogP contribution in [0.3, 0.4) is 0 Å². The molecular weight excluding hydrogens is 370 g/mol. The van der Waals surface area contributed by atoms with E-state index in [9.17, 15) is 9.59 Å². The Morgan fingerprint density at radius 3 is 2.55 bits per heavy atom. The van der Waals surface area contributed by atoms with Gasteiger partial charge in [-0.2, -0.15) is 0 Å². The molecule has 0 saturated carbocycles. The number of rotatable bonds is 3. The van der Waals surface area contributed by atoms with Crippen molar-refractivity contribution in [2.75, 3.05) is 46.3 Å². The molecule has 2 fully saturated rings. The first-order chi connectivity index (χ1) is 13.9. The molecule has 2 aliphatic heterocycles. The van der Waals surface area contributed by atoms with Gasteiger partial charge in [0.1, 0.15) is 5.82 Å². The Kier molecular flexibility index (Phi) is 5.40. The molecule has 2 aromatic heterocycles. The van der Waals surface area contributed by atoms with Crippen LogP contribution in [0, 0.1) is 0 Å². The van der Waals surface area contributed by atoms with Crippen molar-refractivity contribution < 1.29 is 9.59 Å². The number of piperazine rings is 1. The number of nitrogens with one attached hydrogen (secondary N) is 1. The molecule has 156 valence electrons. The minimum Gasteiger partial charge on any atom is -0.336 e. The molecule has 1 unspecified atom stereocenters. The fourth-order valence-electron chi connectivity index (χ4n) is 4.00. The fraction of sp³-hybridized carbons (Fsp3) is 0.600. The van der Waals surface area contributed by atoms with Crippen LogP contribution in [-0.2, 0) is 0 Å². The number of amides is 3. The summed E-state index contributed by atoms with van der Waals surface area (Å²) in [7, 11) is 2.07. The first-order valence-electron chi connectivity index (χ1n) is 10.3. The summed E-state index contributed by atoms with van der Waals surface area (Å²) in [5.74, 6) is 0.966. The molecule has 0 spiro atoms. The number of fused-ring (bicyclic) bond motifs is 1. The van der Waals surface area contributed by atoms with Gasteiger partial charge in [-0.05, 0) is 39.4 Å². The van der Waals surface area contributed by atoms with Gasteiger partial charge in [0.15, 0.2) is 5.65 Å². The van der Waals surface area contributed by atoms with Gasteiger partial charge in [0.25, 0.3) is 5.91 Å². The summed E-state index contributed by atoms with van der Waals surface area (Å²) in [5.41, 5.74) is 1.37. The molecule has 9 heteroatoms. The van der Waals surface area contributed by atoms with Crippen molar-refractivity contribution in [3.05, 3.63) is 29.7 Å². The zero-order chi connectivity index (χ0) is 20.5. The van der Waals surface area contributed by atoms with Crippen molar-refractivity contribution in [3.63, 3.8) is 0 Å². The minimum atomic E-state index is -0.0396. The number of likely N-dealkylation sites (N-methyl/N-ethyl adjacent to an activating group) is 1. The Labute approximate surface area is 170 Å². The van der Waals surface area contributed by atoms with E-state index in [4.69, 9.17) is 0 Å². The number of carbonyl (C=O) groups excluding carboxylic acids is 2. The van der Waals surface area contributed by atoms with Crippen molar-refractivity contribution >= 4 is 17.6 Å². The number of aromatic nitrogens is 3. The highest BCUT2D eigenvalue weighted by molar-refractivity contribution is 5.94. The van der Waals surface area contributed by atoms with Gasteiger partial charge in [-0.25, -0.2) is 4.79 Å². The summed E-state index contributed by atoms with van der Waals surface area (Å²) < 4.78 is 1.91. The third-order valence-corrected chi connectivity index (χ3v) is 5.72. The summed E-state index contributed by atoms with van der Waals surface area (Å²) in [5, 5.41) is 11.6. The Balaban J connectivity index is 1.52. The first-order valence-corrected chi connectivity index (χ1v) is 10.3. The maximum Gasteiger partial charge on any atom is 0.317 e. The molecule has 1 N–H and O–H groups in total. The smallest absolute Gasteiger partial charge is 0.317 e. The lowest BCUT2D eigenvalue weighted by Crippen LogP contribution is -2.47. The molecule has 0 bridgehead atoms. The molecular formula is C20H29N7O2. The topological polar surface area (TPSA) is 86.1 Å². The third-order valence-electron chi connectivity index (χ3n) is 5.72. The molecule has 3 amide bonds. The van der Waals surface area contributed by atoms with Crippen LogP contribution in [0.15, 0.2) is 18.3 Å². The molecule has 29 heavy (non-hydrogen) atoms. The van der Waals surface area contributed by atoms with Crippen LogP contribution in [0.1, 0.15) is 42.4 Å². The minimum absolute atomic E-state index is 0.0396. The molecule has 2 aromatic rings. The molecule has 0 radical (unpaired) electrons. The average Bonchev–Trinajstić information content (AvgIpc) is 3.34. The van der Waals surface area contributed by atoms with E-state index in [0.717, 1.165) is 44.1 Å². The van der Waals surface area contributed by atoms with E-state index < -0.39 is 0 Å². The molecule has 0 aliphatic carbocycles. The zero-order valence-corrected chi connectivity index (χ0v) is 17.3. The van der Waals surface area contributed by atoms with Crippen molar-refractivity contribution in [1.82, 2.24) is 34.6 Å². The van der Waals surface area contributed by atoms with Gasteiger partial charge in [-0.15, -0.1) is 10.2 Å². The van der Waals surface area contributed by atoms with E-state index in [0.29, 0.717) is 18.7 Å². The summed E-state index contributed by atoms with van der Waals surface area (Å²) in [6.45, 7) is 8.47. The van der Waals surface area contributed by atoms with Gasteiger partial charge >= 0.3 is 6.03 Å². The fourth-order valence-corrected chi connectivity index (χ4v) is 4.00. The lowest BCUT2D eigenvalue weighted by molar-refractivity contribution is 0.0663. The van der Waals surface area contributed by atoms with E-state index in [1.807, 2.05) is 46.4 Å². The zero-order valence-electron chi connectivity index (χ0n) is 17.3. The van der Waals surface area contributed by atoms with Gasteiger partial charge in [-0.3, -0.25) is 9.20 Å². The van der Waals surface area contributed by atoms with Crippen molar-refractivity contribution in [3.8, 4) is 0 Å². The van der Waals surface area contributed by atoms with E-state index in [-0.39, 0.29) is 23.9 Å². The van der Waals surface area contributed by atoms with Gasteiger partial charge in [0.2, 0.25) is 0 Å². The van der Waals surface area contributed by atoms with Crippen molar-refractivity contribution in [1.29, 1.82) is 0 Å². The highest BCUT2D eigenvalue weighted by atomic mass is 16.2. The second-order valence-electron chi connectivity index (χ2n) is 8.34. The summed E-state index contributed by atoms with van der Waals surface area (Å²) in [4.78, 5) is 31.2. The number of nitrogens with zero attached hydrogens (tertiary/aromatic N) is 6. The summed E-state index contributed by atoms with van der Waals surface area (Å²) in [6.07, 6.45) is 2.69. The van der Waals surface area contributed by atoms with E-state index in [1.165, 1.54) is 0 Å². The Hall–Kier alpha value is -2.68. The number of hydrogen-bond acceptors (Lipinski definition) is 5. The predicted octanol–water partition coefficient (Wildman–Crippen LogP) is 1.02. The molecule has 4 heterocycles. The van der Waals surface area contributed by atoms with Gasteiger partial charge < -0.3 is 20.0 Å².